The first-order chi connectivity index (χ1) is 17.4. The van der Waals surface area contributed by atoms with Gasteiger partial charge in [-0.05, 0) is 55.8 Å². The minimum absolute atomic E-state index is 0.0715. The van der Waals surface area contributed by atoms with E-state index < -0.39 is 24.4 Å². The number of carbonyl (C=O) groups is 3. The number of anilines is 2. The lowest BCUT2D eigenvalue weighted by Crippen LogP contribution is -2.23. The lowest BCUT2D eigenvalue weighted by molar-refractivity contribution is -0.119. The summed E-state index contributed by atoms with van der Waals surface area (Å²) in [4.78, 5) is 37.8. The van der Waals surface area contributed by atoms with E-state index in [0.717, 1.165) is 16.9 Å². The van der Waals surface area contributed by atoms with Gasteiger partial charge in [-0.25, -0.2) is 4.79 Å². The largest absolute Gasteiger partial charge is 0.459 e. The van der Waals surface area contributed by atoms with Crippen molar-refractivity contribution in [2.75, 3.05) is 17.2 Å². The molecule has 0 bridgehead atoms. The fourth-order valence-corrected chi connectivity index (χ4v) is 3.70. The van der Waals surface area contributed by atoms with E-state index >= 15 is 0 Å². The Morgan fingerprint density at radius 2 is 1.69 bits per heavy atom. The maximum absolute atomic E-state index is 12.7. The maximum Gasteiger partial charge on any atom is 0.340 e. The molecule has 0 saturated carbocycles. The van der Waals surface area contributed by atoms with E-state index in [1.807, 2.05) is 37.3 Å². The molecule has 4 rings (SSSR count). The fourth-order valence-electron chi connectivity index (χ4n) is 3.70. The summed E-state index contributed by atoms with van der Waals surface area (Å²) in [6, 6.07) is 20.8. The van der Waals surface area contributed by atoms with Gasteiger partial charge in [-0.3, -0.25) is 14.2 Å². The molecule has 2 aromatic carbocycles. The number of ether oxygens (including phenoxy) is 1. The van der Waals surface area contributed by atoms with Crippen molar-refractivity contribution in [3.63, 3.8) is 0 Å². The second kappa shape index (κ2) is 10.4. The van der Waals surface area contributed by atoms with Crippen molar-refractivity contribution in [2.24, 2.45) is 0 Å². The van der Waals surface area contributed by atoms with Crippen molar-refractivity contribution in [1.82, 2.24) is 4.57 Å². The number of benzene rings is 2. The lowest BCUT2D eigenvalue weighted by Gasteiger charge is -2.14. The smallest absolute Gasteiger partial charge is 0.340 e. The van der Waals surface area contributed by atoms with Crippen LogP contribution in [0.5, 0.6) is 0 Å². The molecule has 9 heteroatoms. The van der Waals surface area contributed by atoms with Crippen molar-refractivity contribution >= 4 is 29.3 Å². The van der Waals surface area contributed by atoms with E-state index in [4.69, 9.17) is 9.15 Å². The predicted octanol–water partition coefficient (Wildman–Crippen LogP) is 4.61. The molecule has 0 aliphatic rings. The van der Waals surface area contributed by atoms with E-state index in [1.54, 1.807) is 29.7 Å². The summed E-state index contributed by atoms with van der Waals surface area (Å²) in [6.07, 6.45) is 1.36. The Morgan fingerprint density at radius 1 is 0.972 bits per heavy atom. The van der Waals surface area contributed by atoms with Crippen LogP contribution in [0.25, 0.3) is 5.69 Å². The van der Waals surface area contributed by atoms with Crippen LogP contribution in [0, 0.1) is 25.2 Å². The Bertz CT molecular complexity index is 1460. The number of nitrogens with zero attached hydrogens (tertiary/aromatic N) is 2. The molecular formula is C27H22N4O5. The number of rotatable bonds is 7. The van der Waals surface area contributed by atoms with Gasteiger partial charge >= 0.3 is 5.97 Å². The number of nitrogens with one attached hydrogen (secondary N) is 2. The van der Waals surface area contributed by atoms with Crippen LogP contribution >= 0.6 is 0 Å². The van der Waals surface area contributed by atoms with Crippen LogP contribution in [0.2, 0.25) is 0 Å². The van der Waals surface area contributed by atoms with Crippen molar-refractivity contribution in [3.05, 3.63) is 101 Å². The van der Waals surface area contributed by atoms with Crippen LogP contribution in [-0.4, -0.2) is 29.0 Å². The maximum atomic E-state index is 12.7. The molecule has 9 nitrogen and oxygen atoms in total. The molecule has 0 aliphatic carbocycles. The first-order valence-electron chi connectivity index (χ1n) is 11.0. The van der Waals surface area contributed by atoms with E-state index in [2.05, 4.69) is 16.7 Å². The minimum Gasteiger partial charge on any atom is -0.459 e. The SMILES string of the molecule is Cc1c(C#N)c(NC(=O)COC(=O)c2ccccc2NC(=O)c2ccco2)n(-c2ccccc2)c1C. The Kier molecular flexibility index (Phi) is 6.97. The number of hydrogen-bond donors (Lipinski definition) is 2. The number of carbonyl (C=O) groups excluding carboxylic acids is 3. The molecule has 2 N–H and O–H groups in total. The molecule has 0 saturated heterocycles. The van der Waals surface area contributed by atoms with E-state index in [1.165, 1.54) is 24.5 Å². The third-order valence-corrected chi connectivity index (χ3v) is 5.57. The van der Waals surface area contributed by atoms with Crippen LogP contribution in [0.15, 0.2) is 77.4 Å². The quantitative estimate of drug-likeness (QED) is 0.371. The van der Waals surface area contributed by atoms with Crippen LogP contribution in [0.3, 0.4) is 0 Å². The van der Waals surface area contributed by atoms with Gasteiger partial charge in [-0.1, -0.05) is 30.3 Å². The second-order valence-corrected chi connectivity index (χ2v) is 7.82. The van der Waals surface area contributed by atoms with E-state index in [0.29, 0.717) is 11.4 Å². The van der Waals surface area contributed by atoms with Crippen LogP contribution in [-0.2, 0) is 9.53 Å². The second-order valence-electron chi connectivity index (χ2n) is 7.82. The van der Waals surface area contributed by atoms with Gasteiger partial charge in [-0.15, -0.1) is 0 Å². The number of furan rings is 1. The zero-order valence-corrected chi connectivity index (χ0v) is 19.6. The summed E-state index contributed by atoms with van der Waals surface area (Å²) in [5, 5.41) is 15.0. The molecule has 0 spiro atoms. The van der Waals surface area contributed by atoms with E-state index in [-0.39, 0.29) is 17.0 Å². The van der Waals surface area contributed by atoms with Crippen LogP contribution in [0.1, 0.15) is 37.7 Å². The molecule has 0 atom stereocenters. The topological polar surface area (TPSA) is 126 Å². The first-order valence-corrected chi connectivity index (χ1v) is 11.0. The summed E-state index contributed by atoms with van der Waals surface area (Å²) in [5.41, 5.74) is 2.90. The third kappa shape index (κ3) is 4.88. The Balaban J connectivity index is 1.49. The number of nitriles is 1. The van der Waals surface area contributed by atoms with Crippen molar-refractivity contribution < 1.29 is 23.5 Å². The van der Waals surface area contributed by atoms with Gasteiger partial charge in [0.1, 0.15) is 11.9 Å². The average Bonchev–Trinajstić information content (AvgIpc) is 3.51. The number of para-hydroxylation sites is 2. The minimum atomic E-state index is -0.799. The van der Waals surface area contributed by atoms with Crippen LogP contribution in [0.4, 0.5) is 11.5 Å². The van der Waals surface area contributed by atoms with Crippen molar-refractivity contribution in [3.8, 4) is 11.8 Å². The number of aromatic nitrogens is 1. The van der Waals surface area contributed by atoms with Crippen molar-refractivity contribution in [1.29, 1.82) is 5.26 Å². The Hall–Kier alpha value is -5.10. The molecule has 2 heterocycles. The normalized spacial score (nSPS) is 10.4. The zero-order valence-electron chi connectivity index (χ0n) is 19.6. The highest BCUT2D eigenvalue weighted by Gasteiger charge is 2.22. The molecule has 2 amide bonds. The van der Waals surface area contributed by atoms with Gasteiger partial charge in [0, 0.05) is 11.4 Å². The first kappa shape index (κ1) is 24.0. The molecule has 0 aliphatic heterocycles. The Labute approximate surface area is 206 Å². The van der Waals surface area contributed by atoms with Gasteiger partial charge in [0.2, 0.25) is 0 Å². The van der Waals surface area contributed by atoms with Gasteiger partial charge in [0.25, 0.3) is 11.8 Å². The monoisotopic (exact) mass is 482 g/mol. The van der Waals surface area contributed by atoms with Crippen LogP contribution < -0.4 is 10.6 Å². The predicted molar refractivity (Wildman–Crippen MR) is 132 cm³/mol. The standard InChI is InChI=1S/C27H22N4O5/c1-17-18(2)31(19-9-4-3-5-10-19)25(21(17)15-28)30-24(32)16-36-27(34)20-11-6-7-12-22(20)29-26(33)23-13-8-14-35-23/h3-14H,16H2,1-2H3,(H,29,33)(H,30,32). The molecule has 2 aromatic heterocycles. The molecule has 36 heavy (non-hydrogen) atoms. The van der Waals surface area contributed by atoms with Gasteiger partial charge in [0.05, 0.1) is 23.1 Å². The summed E-state index contributed by atoms with van der Waals surface area (Å²) in [5.74, 6) is -1.57. The fraction of sp³-hybridized carbons (Fsp3) is 0.111. The Morgan fingerprint density at radius 3 is 2.39 bits per heavy atom. The molecule has 4 aromatic rings. The van der Waals surface area contributed by atoms with Crippen molar-refractivity contribution in [2.45, 2.75) is 13.8 Å². The van der Waals surface area contributed by atoms with Gasteiger partial charge < -0.3 is 19.8 Å². The molecule has 0 fully saturated rings. The van der Waals surface area contributed by atoms with Gasteiger partial charge in [0.15, 0.2) is 12.4 Å². The summed E-state index contributed by atoms with van der Waals surface area (Å²) < 4.78 is 12.1. The molecular weight excluding hydrogens is 460 g/mol. The summed E-state index contributed by atoms with van der Waals surface area (Å²) in [7, 11) is 0. The molecule has 0 radical (unpaired) electrons. The number of esters is 1. The summed E-state index contributed by atoms with van der Waals surface area (Å²) in [6.45, 7) is 3.06. The number of hydrogen-bond acceptors (Lipinski definition) is 6. The van der Waals surface area contributed by atoms with Gasteiger partial charge in [-0.2, -0.15) is 5.26 Å². The third-order valence-electron chi connectivity index (χ3n) is 5.57. The average molecular weight is 482 g/mol. The van der Waals surface area contributed by atoms with E-state index in [9.17, 15) is 19.6 Å². The highest BCUT2D eigenvalue weighted by atomic mass is 16.5. The molecule has 180 valence electrons. The highest BCUT2D eigenvalue weighted by molar-refractivity contribution is 6.07. The summed E-state index contributed by atoms with van der Waals surface area (Å²) >= 11 is 0. The molecule has 0 unspecified atom stereocenters. The number of amides is 2. The highest BCUT2D eigenvalue weighted by Crippen LogP contribution is 2.30. The zero-order chi connectivity index (χ0) is 25.7. The lowest BCUT2D eigenvalue weighted by atomic mass is 10.1.